The van der Waals surface area contributed by atoms with Crippen LogP contribution < -0.4 is 14.9 Å². The van der Waals surface area contributed by atoms with Gasteiger partial charge >= 0.3 is 0 Å². The Kier molecular flexibility index (Phi) is 7.18. The molecule has 0 radical (unpaired) electrons. The number of nitrogens with one attached hydrogen (secondary N) is 2. The third-order valence-electron chi connectivity index (χ3n) is 5.64. The van der Waals surface area contributed by atoms with Crippen molar-refractivity contribution in [3.63, 3.8) is 0 Å². The number of nitrogens with zero attached hydrogens (tertiary/aromatic N) is 4. The molecule has 3 aromatic carbocycles. The van der Waals surface area contributed by atoms with E-state index in [0.29, 0.717) is 22.5 Å². The second-order valence-corrected chi connectivity index (χ2v) is 8.86. The largest absolute Gasteiger partial charge is 0.493 e. The molecule has 0 spiro atoms. The Morgan fingerprint density at radius 3 is 2.62 bits per heavy atom. The molecule has 2 N–H and O–H groups in total. The Morgan fingerprint density at radius 2 is 1.81 bits per heavy atom. The number of amides is 1. The van der Waals surface area contributed by atoms with Crippen LogP contribution in [0.1, 0.15) is 5.56 Å². The summed E-state index contributed by atoms with van der Waals surface area (Å²) >= 11 is 1.27. The number of fused-ring (bicyclic) bond motifs is 1. The summed E-state index contributed by atoms with van der Waals surface area (Å²) in [6, 6.07) is 23.2. The molecule has 0 aliphatic carbocycles. The third-order valence-corrected chi connectivity index (χ3v) is 6.56. The summed E-state index contributed by atoms with van der Waals surface area (Å²) in [7, 11) is 3.18. The first kappa shape index (κ1) is 24.1. The summed E-state index contributed by atoms with van der Waals surface area (Å²) in [5.41, 5.74) is 6.17. The van der Waals surface area contributed by atoms with Gasteiger partial charge in [0.2, 0.25) is 0 Å². The van der Waals surface area contributed by atoms with Crippen molar-refractivity contribution in [1.82, 2.24) is 25.2 Å². The van der Waals surface area contributed by atoms with Gasteiger partial charge in [0.05, 0.1) is 26.2 Å². The van der Waals surface area contributed by atoms with Gasteiger partial charge in [-0.3, -0.25) is 9.36 Å². The van der Waals surface area contributed by atoms with Gasteiger partial charge in [-0.1, -0.05) is 48.2 Å². The zero-order chi connectivity index (χ0) is 25.6. The first-order valence-electron chi connectivity index (χ1n) is 11.4. The summed E-state index contributed by atoms with van der Waals surface area (Å²) in [5.74, 6) is 1.69. The van der Waals surface area contributed by atoms with Crippen LogP contribution in [0.5, 0.6) is 11.5 Å². The Morgan fingerprint density at radius 1 is 1.03 bits per heavy atom. The van der Waals surface area contributed by atoms with Gasteiger partial charge in [0.1, 0.15) is 0 Å². The van der Waals surface area contributed by atoms with Gasteiger partial charge in [-0.15, -0.1) is 10.2 Å². The van der Waals surface area contributed by atoms with Crippen molar-refractivity contribution in [3.8, 4) is 28.6 Å². The average molecular weight is 513 g/mol. The number of benzene rings is 3. The smallest absolute Gasteiger partial charge is 0.250 e. The van der Waals surface area contributed by atoms with Gasteiger partial charge in [0.15, 0.2) is 22.5 Å². The molecule has 186 valence electrons. The van der Waals surface area contributed by atoms with Crippen LogP contribution >= 0.6 is 11.8 Å². The van der Waals surface area contributed by atoms with E-state index in [0.717, 1.165) is 27.7 Å². The number of ether oxygens (including phenoxy) is 2. The SMILES string of the molecule is COc1ccc(-c2nnc(SCC(=O)NN=Cc3c[nH]c4ccccc34)n2-c2ccccc2)cc1OC. The fraction of sp³-hybridized carbons (Fsp3) is 0.111. The van der Waals surface area contributed by atoms with Crippen molar-refractivity contribution in [2.75, 3.05) is 20.0 Å². The number of carbonyl (C=O) groups excluding carboxylic acids is 1. The predicted octanol–water partition coefficient (Wildman–Crippen LogP) is 4.68. The van der Waals surface area contributed by atoms with Crippen molar-refractivity contribution >= 4 is 34.8 Å². The lowest BCUT2D eigenvalue weighted by Gasteiger charge is -2.12. The van der Waals surface area contributed by atoms with Crippen molar-refractivity contribution in [1.29, 1.82) is 0 Å². The van der Waals surface area contributed by atoms with Crippen LogP contribution in [0.15, 0.2) is 89.3 Å². The minimum absolute atomic E-state index is 0.113. The minimum atomic E-state index is -0.253. The molecule has 0 bridgehead atoms. The topological polar surface area (TPSA) is 106 Å². The van der Waals surface area contributed by atoms with Gasteiger partial charge < -0.3 is 14.5 Å². The molecular formula is C27H24N6O3S. The molecule has 10 heteroatoms. The number of hydrogen-bond acceptors (Lipinski definition) is 7. The van der Waals surface area contributed by atoms with Crippen LogP contribution in [-0.2, 0) is 4.79 Å². The highest BCUT2D eigenvalue weighted by atomic mass is 32.2. The maximum absolute atomic E-state index is 12.5. The Hall–Kier alpha value is -4.57. The molecule has 0 unspecified atom stereocenters. The maximum Gasteiger partial charge on any atom is 0.250 e. The summed E-state index contributed by atoms with van der Waals surface area (Å²) in [4.78, 5) is 15.7. The molecule has 0 atom stereocenters. The van der Waals surface area contributed by atoms with Crippen molar-refractivity contribution in [2.45, 2.75) is 5.16 Å². The van der Waals surface area contributed by atoms with E-state index in [-0.39, 0.29) is 11.7 Å². The van der Waals surface area contributed by atoms with Gasteiger partial charge in [-0.05, 0) is 36.4 Å². The summed E-state index contributed by atoms with van der Waals surface area (Å²) in [6.45, 7) is 0. The summed E-state index contributed by atoms with van der Waals surface area (Å²) < 4.78 is 12.7. The van der Waals surface area contributed by atoms with Crippen molar-refractivity contribution in [2.24, 2.45) is 5.10 Å². The lowest BCUT2D eigenvalue weighted by Crippen LogP contribution is -2.20. The van der Waals surface area contributed by atoms with Crippen molar-refractivity contribution < 1.29 is 14.3 Å². The van der Waals surface area contributed by atoms with Crippen LogP contribution in [0.3, 0.4) is 0 Å². The maximum atomic E-state index is 12.5. The zero-order valence-electron chi connectivity index (χ0n) is 20.2. The van der Waals surface area contributed by atoms with Crippen LogP contribution in [0.4, 0.5) is 0 Å². The van der Waals surface area contributed by atoms with Crippen LogP contribution in [0.2, 0.25) is 0 Å². The number of para-hydroxylation sites is 2. The second kappa shape index (κ2) is 11.0. The first-order valence-corrected chi connectivity index (χ1v) is 12.4. The quantitative estimate of drug-likeness (QED) is 0.169. The molecule has 2 aromatic heterocycles. The summed E-state index contributed by atoms with van der Waals surface area (Å²) in [6.07, 6.45) is 3.48. The molecule has 2 heterocycles. The van der Waals surface area contributed by atoms with E-state index in [9.17, 15) is 4.79 Å². The molecule has 1 amide bonds. The Labute approximate surface area is 217 Å². The molecular weight excluding hydrogens is 488 g/mol. The van der Waals surface area contributed by atoms with Crippen molar-refractivity contribution in [3.05, 3.63) is 84.6 Å². The first-order chi connectivity index (χ1) is 18.2. The molecule has 9 nitrogen and oxygen atoms in total. The molecule has 0 aliphatic rings. The zero-order valence-corrected chi connectivity index (χ0v) is 21.0. The molecule has 5 rings (SSSR count). The van der Waals surface area contributed by atoms with Gasteiger partial charge in [0.25, 0.3) is 5.91 Å². The highest BCUT2D eigenvalue weighted by molar-refractivity contribution is 7.99. The minimum Gasteiger partial charge on any atom is -0.493 e. The third kappa shape index (κ3) is 5.19. The van der Waals surface area contributed by atoms with E-state index in [1.54, 1.807) is 20.4 Å². The van der Waals surface area contributed by atoms with E-state index in [1.165, 1.54) is 11.8 Å². The summed E-state index contributed by atoms with van der Waals surface area (Å²) in [5, 5.41) is 14.5. The van der Waals surface area contributed by atoms with E-state index in [2.05, 4.69) is 25.7 Å². The van der Waals surface area contributed by atoms with Crippen LogP contribution in [0, 0.1) is 0 Å². The van der Waals surface area contributed by atoms with Gasteiger partial charge in [0, 0.05) is 33.9 Å². The average Bonchev–Trinajstić information content (AvgIpc) is 3.56. The van der Waals surface area contributed by atoms with E-state index >= 15 is 0 Å². The van der Waals surface area contributed by atoms with Gasteiger partial charge in [-0.25, -0.2) is 5.43 Å². The number of methoxy groups -OCH3 is 2. The Balaban J connectivity index is 1.34. The van der Waals surface area contributed by atoms with Gasteiger partial charge in [-0.2, -0.15) is 5.10 Å². The normalized spacial score (nSPS) is 11.2. The lowest BCUT2D eigenvalue weighted by atomic mass is 10.2. The number of aromatic amines is 1. The highest BCUT2D eigenvalue weighted by Gasteiger charge is 2.18. The molecule has 0 saturated carbocycles. The number of aromatic nitrogens is 4. The number of carbonyl (C=O) groups is 1. The van der Waals surface area contributed by atoms with Crippen LogP contribution in [-0.4, -0.2) is 51.8 Å². The van der Waals surface area contributed by atoms with E-state index in [1.807, 2.05) is 83.6 Å². The Bertz CT molecular complexity index is 1560. The van der Waals surface area contributed by atoms with E-state index in [4.69, 9.17) is 9.47 Å². The molecule has 5 aromatic rings. The number of rotatable bonds is 9. The molecule has 0 saturated heterocycles. The number of thioether (sulfide) groups is 1. The molecule has 0 fully saturated rings. The number of H-pyrrole nitrogens is 1. The fourth-order valence-electron chi connectivity index (χ4n) is 3.87. The van der Waals surface area contributed by atoms with Crippen LogP contribution in [0.25, 0.3) is 28.0 Å². The number of hydrazone groups is 1. The molecule has 0 aliphatic heterocycles. The highest BCUT2D eigenvalue weighted by Crippen LogP contribution is 2.34. The monoisotopic (exact) mass is 512 g/mol. The fourth-order valence-corrected chi connectivity index (χ4v) is 4.62. The second-order valence-electron chi connectivity index (χ2n) is 7.92. The number of hydrogen-bond donors (Lipinski definition) is 2. The van der Waals surface area contributed by atoms with E-state index < -0.39 is 0 Å². The molecule has 37 heavy (non-hydrogen) atoms. The standard InChI is InChI=1S/C27H24N6O3S/c1-35-23-13-12-18(14-24(23)36-2)26-31-32-27(33(26)20-8-4-3-5-9-20)37-17-25(34)30-29-16-19-15-28-22-11-7-6-10-21(19)22/h3-16,28H,17H2,1-2H3,(H,30,34). The lowest BCUT2D eigenvalue weighted by molar-refractivity contribution is -0.118. The predicted molar refractivity (Wildman–Crippen MR) is 145 cm³/mol.